The zero-order valence-corrected chi connectivity index (χ0v) is 24.9. The molecule has 5 rings (SSSR count). The average Bonchev–Trinajstić information content (AvgIpc) is 3.18. The highest BCUT2D eigenvalue weighted by Crippen LogP contribution is 2.28. The summed E-state index contributed by atoms with van der Waals surface area (Å²) < 4.78 is 5.15. The van der Waals surface area contributed by atoms with Crippen LogP contribution in [0.5, 0.6) is 0 Å². The number of rotatable bonds is 10. The molecule has 0 fully saturated rings. The molecule has 11 nitrogen and oxygen atoms in total. The van der Waals surface area contributed by atoms with E-state index in [1.54, 1.807) is 35.2 Å². The maximum Gasteiger partial charge on any atom is 0.413 e. The Hall–Kier alpha value is -5.97. The Balaban J connectivity index is 1.21. The lowest BCUT2D eigenvalue weighted by Gasteiger charge is -2.24. The molecule has 0 saturated heterocycles. The van der Waals surface area contributed by atoms with Crippen molar-refractivity contribution in [3.8, 4) is 0 Å². The minimum absolute atomic E-state index is 0.0698. The summed E-state index contributed by atoms with van der Waals surface area (Å²) >= 11 is 0. The molecule has 46 heavy (non-hydrogen) atoms. The van der Waals surface area contributed by atoms with E-state index in [-0.39, 0.29) is 18.3 Å². The standard InChI is InChI=1S/C35H33N5O6/c36-32(39-35(45)46-22-24-9-5-2-6-10-24)25-11-13-26(14-12-25)33(43)37-28-16-15-27-21-40(18-17-23-7-3-1-4-8-23)34(44)30(20-31(41)42)38-29(27)19-28/h1-16,19,30,38H,17-18,20-22H2,(H,37,43)(H,41,42)(H2,36,39,45). The second-order valence-electron chi connectivity index (χ2n) is 10.8. The van der Waals surface area contributed by atoms with Gasteiger partial charge in [-0.1, -0.05) is 78.9 Å². The molecular formula is C35H33N5O6. The molecule has 4 aromatic rings. The Morgan fingerprint density at radius 3 is 2.22 bits per heavy atom. The number of anilines is 2. The minimum atomic E-state index is -1.10. The number of amidine groups is 1. The first kappa shape index (κ1) is 31.5. The number of amides is 3. The lowest BCUT2D eigenvalue weighted by molar-refractivity contribution is -0.141. The number of ether oxygens (including phenoxy) is 1. The van der Waals surface area contributed by atoms with E-state index in [1.165, 1.54) is 12.1 Å². The molecule has 5 N–H and O–H groups in total. The van der Waals surface area contributed by atoms with E-state index in [0.717, 1.165) is 16.7 Å². The highest BCUT2D eigenvalue weighted by molar-refractivity contribution is 6.07. The van der Waals surface area contributed by atoms with Crippen LogP contribution in [0.2, 0.25) is 0 Å². The number of carboxylic acid groups (broad SMARTS) is 1. The van der Waals surface area contributed by atoms with Gasteiger partial charge in [0.1, 0.15) is 18.5 Å². The Kier molecular flexibility index (Phi) is 10.0. The summed E-state index contributed by atoms with van der Waals surface area (Å²) in [6.07, 6.45) is -0.528. The second-order valence-corrected chi connectivity index (χ2v) is 10.8. The normalized spacial score (nSPS) is 13.9. The number of nitrogens with zero attached hydrogens (tertiary/aromatic N) is 1. The van der Waals surface area contributed by atoms with Crippen molar-refractivity contribution in [2.45, 2.75) is 32.0 Å². The van der Waals surface area contributed by atoms with E-state index in [4.69, 9.17) is 10.1 Å². The van der Waals surface area contributed by atoms with Gasteiger partial charge in [0, 0.05) is 35.6 Å². The first-order valence-electron chi connectivity index (χ1n) is 14.7. The number of hydrogen-bond donors (Lipinski definition) is 5. The Morgan fingerprint density at radius 2 is 1.54 bits per heavy atom. The summed E-state index contributed by atoms with van der Waals surface area (Å²) in [4.78, 5) is 51.7. The summed E-state index contributed by atoms with van der Waals surface area (Å²) in [5.74, 6) is -1.99. The predicted molar refractivity (Wildman–Crippen MR) is 173 cm³/mol. The Labute approximate surface area is 265 Å². The fourth-order valence-corrected chi connectivity index (χ4v) is 5.02. The van der Waals surface area contributed by atoms with E-state index in [0.29, 0.717) is 42.0 Å². The Morgan fingerprint density at radius 1 is 0.891 bits per heavy atom. The van der Waals surface area contributed by atoms with Crippen LogP contribution < -0.4 is 16.0 Å². The summed E-state index contributed by atoms with van der Waals surface area (Å²) in [5.41, 5.74) is 4.40. The number of carbonyl (C=O) groups is 4. The van der Waals surface area contributed by atoms with E-state index >= 15 is 0 Å². The van der Waals surface area contributed by atoms with Crippen molar-refractivity contribution in [2.75, 3.05) is 17.2 Å². The van der Waals surface area contributed by atoms with Crippen LogP contribution in [-0.4, -0.2) is 52.3 Å². The van der Waals surface area contributed by atoms with Gasteiger partial charge in [-0.3, -0.25) is 25.1 Å². The van der Waals surface area contributed by atoms with Crippen molar-refractivity contribution in [1.29, 1.82) is 5.41 Å². The Bertz CT molecular complexity index is 1730. The molecule has 11 heteroatoms. The van der Waals surface area contributed by atoms with Crippen LogP contribution in [0.1, 0.15) is 39.0 Å². The van der Waals surface area contributed by atoms with Crippen molar-refractivity contribution in [1.82, 2.24) is 10.2 Å². The number of fused-ring (bicyclic) bond motifs is 1. The summed E-state index contributed by atoms with van der Waals surface area (Å²) in [7, 11) is 0. The molecule has 0 aliphatic carbocycles. The van der Waals surface area contributed by atoms with E-state index in [2.05, 4.69) is 16.0 Å². The van der Waals surface area contributed by atoms with Gasteiger partial charge in [-0.15, -0.1) is 0 Å². The molecule has 0 saturated carbocycles. The van der Waals surface area contributed by atoms with Gasteiger partial charge >= 0.3 is 12.1 Å². The van der Waals surface area contributed by atoms with Crippen LogP contribution in [0, 0.1) is 5.41 Å². The number of benzene rings is 4. The minimum Gasteiger partial charge on any atom is -0.481 e. The third-order valence-electron chi connectivity index (χ3n) is 7.44. The van der Waals surface area contributed by atoms with Crippen molar-refractivity contribution < 1.29 is 29.0 Å². The predicted octanol–water partition coefficient (Wildman–Crippen LogP) is 5.03. The molecule has 0 radical (unpaired) electrons. The van der Waals surface area contributed by atoms with Crippen molar-refractivity contribution in [3.63, 3.8) is 0 Å². The zero-order chi connectivity index (χ0) is 32.5. The van der Waals surface area contributed by atoms with Gasteiger partial charge in [0.25, 0.3) is 5.91 Å². The fourth-order valence-electron chi connectivity index (χ4n) is 5.02. The third kappa shape index (κ3) is 8.35. The van der Waals surface area contributed by atoms with Gasteiger partial charge in [0.05, 0.1) is 6.42 Å². The quantitative estimate of drug-likeness (QED) is 0.123. The smallest absolute Gasteiger partial charge is 0.413 e. The van der Waals surface area contributed by atoms with Crippen LogP contribution in [-0.2, 0) is 33.9 Å². The molecule has 0 spiro atoms. The van der Waals surface area contributed by atoms with Crippen LogP contribution in [0.3, 0.4) is 0 Å². The number of carbonyl (C=O) groups excluding carboxylic acids is 3. The topological polar surface area (TPSA) is 161 Å². The third-order valence-corrected chi connectivity index (χ3v) is 7.44. The summed E-state index contributed by atoms with van der Waals surface area (Å²) in [6, 6.07) is 29.3. The van der Waals surface area contributed by atoms with Crippen LogP contribution >= 0.6 is 0 Å². The molecule has 4 aromatic carbocycles. The molecule has 0 bridgehead atoms. The van der Waals surface area contributed by atoms with Gasteiger partial charge in [-0.2, -0.15) is 0 Å². The number of nitrogens with one attached hydrogen (secondary N) is 4. The maximum absolute atomic E-state index is 13.3. The molecule has 1 atom stereocenters. The van der Waals surface area contributed by atoms with E-state index in [9.17, 15) is 24.3 Å². The van der Waals surface area contributed by atoms with E-state index < -0.39 is 30.4 Å². The van der Waals surface area contributed by atoms with Crippen molar-refractivity contribution >= 4 is 41.1 Å². The molecule has 234 valence electrons. The highest BCUT2D eigenvalue weighted by atomic mass is 16.5. The number of alkyl carbamates (subject to hydrolysis) is 1. The molecule has 0 aromatic heterocycles. The van der Waals surface area contributed by atoms with Gasteiger partial charge < -0.3 is 25.4 Å². The largest absolute Gasteiger partial charge is 0.481 e. The average molecular weight is 620 g/mol. The molecule has 1 aliphatic heterocycles. The van der Waals surface area contributed by atoms with Crippen LogP contribution in [0.25, 0.3) is 0 Å². The number of hydrogen-bond acceptors (Lipinski definition) is 7. The number of carboxylic acids is 1. The van der Waals surface area contributed by atoms with Crippen LogP contribution in [0.15, 0.2) is 103 Å². The van der Waals surface area contributed by atoms with Gasteiger partial charge in [-0.25, -0.2) is 4.79 Å². The molecule has 1 unspecified atom stereocenters. The van der Waals surface area contributed by atoms with Gasteiger partial charge in [-0.05, 0) is 47.4 Å². The first-order chi connectivity index (χ1) is 22.2. The fraction of sp³-hybridized carbons (Fsp3) is 0.171. The zero-order valence-electron chi connectivity index (χ0n) is 24.9. The van der Waals surface area contributed by atoms with Crippen molar-refractivity contribution in [3.05, 3.63) is 131 Å². The number of aliphatic carboxylic acids is 1. The first-order valence-corrected chi connectivity index (χ1v) is 14.7. The molecule has 3 amide bonds. The highest BCUT2D eigenvalue weighted by Gasteiger charge is 2.31. The molecular weight excluding hydrogens is 586 g/mol. The van der Waals surface area contributed by atoms with Gasteiger partial charge in [0.2, 0.25) is 5.91 Å². The lowest BCUT2D eigenvalue weighted by Crippen LogP contribution is -2.42. The van der Waals surface area contributed by atoms with Crippen LogP contribution in [0.4, 0.5) is 16.2 Å². The lowest BCUT2D eigenvalue weighted by atomic mass is 10.1. The molecule has 1 aliphatic rings. The SMILES string of the molecule is N=C(NC(=O)OCc1ccccc1)c1ccc(C(=O)Nc2ccc3c(c2)NC(CC(=O)O)C(=O)N(CCc2ccccc2)C3)cc1. The summed E-state index contributed by atoms with van der Waals surface area (Å²) in [6.45, 7) is 0.788. The van der Waals surface area contributed by atoms with Gasteiger partial charge in [0.15, 0.2) is 0 Å². The molecule has 1 heterocycles. The maximum atomic E-state index is 13.3. The van der Waals surface area contributed by atoms with Crippen molar-refractivity contribution in [2.24, 2.45) is 0 Å². The van der Waals surface area contributed by atoms with E-state index in [1.807, 2.05) is 60.7 Å². The summed E-state index contributed by atoms with van der Waals surface area (Å²) in [5, 5.41) is 25.9. The monoisotopic (exact) mass is 619 g/mol. The second kappa shape index (κ2) is 14.7.